The van der Waals surface area contributed by atoms with Gasteiger partial charge in [-0.3, -0.25) is 4.85 Å². The molecule has 4 heteroatoms. The van der Waals surface area contributed by atoms with Crippen molar-refractivity contribution in [1.82, 2.24) is 9.13 Å². The van der Waals surface area contributed by atoms with E-state index in [1.165, 1.54) is 16.2 Å². The van der Waals surface area contributed by atoms with E-state index in [1.807, 2.05) is 12.1 Å². The third kappa shape index (κ3) is 3.14. The highest BCUT2D eigenvalue weighted by molar-refractivity contribution is 6.23. The normalized spacial score (nSPS) is 11.6. The number of hydrogen-bond acceptors (Lipinski definition) is 0. The average Bonchev–Trinajstić information content (AvgIpc) is 3.61. The molecule has 0 amide bonds. The first-order chi connectivity index (χ1) is 21.8. The summed E-state index contributed by atoms with van der Waals surface area (Å²) in [5.74, 6) is 0. The lowest BCUT2D eigenvalue weighted by molar-refractivity contribution is 1.10. The molecule has 0 aliphatic carbocycles. The van der Waals surface area contributed by atoms with Gasteiger partial charge in [0.2, 0.25) is 5.69 Å². The second-order valence-electron chi connectivity index (χ2n) is 11.1. The van der Waals surface area contributed by atoms with E-state index in [1.54, 1.807) is 6.07 Å². The van der Waals surface area contributed by atoms with Crippen LogP contribution in [0.15, 0.2) is 133 Å². The van der Waals surface area contributed by atoms with Crippen LogP contribution < -0.4 is 0 Å². The Hall–Kier alpha value is -6.36. The molecule has 2 aromatic heterocycles. The third-order valence-corrected chi connectivity index (χ3v) is 8.93. The topological polar surface area (TPSA) is 18.6 Å². The van der Waals surface area contributed by atoms with Gasteiger partial charge in [0.1, 0.15) is 0 Å². The number of para-hydroxylation sites is 2. The van der Waals surface area contributed by atoms with Gasteiger partial charge in [0.25, 0.3) is 0 Å². The van der Waals surface area contributed by atoms with Crippen LogP contribution in [0.3, 0.4) is 0 Å². The lowest BCUT2D eigenvalue weighted by atomic mass is 10.0. The Balaban J connectivity index is 1.52. The maximum atomic E-state index is 8.39. The fourth-order valence-corrected chi connectivity index (χ4v) is 7.14. The van der Waals surface area contributed by atoms with Crippen LogP contribution in [0.25, 0.3) is 86.2 Å². The van der Waals surface area contributed by atoms with Crippen LogP contribution in [-0.4, -0.2) is 9.13 Å². The summed E-state index contributed by atoms with van der Waals surface area (Å²) in [6, 6.07) is 46.2. The highest BCUT2D eigenvalue weighted by Crippen LogP contribution is 2.47. The van der Waals surface area contributed by atoms with E-state index < -0.39 is 0 Å². The molecule has 9 aromatic rings. The standard InChI is InChI=1S/C40H22N4/c1-41-31-21-24-36(43-32-17-9-7-15-29(32)37-27-13-5-3-11-25(27)19-22-34(37)43)40(39(31)42-2)44-33-18-10-8-16-30(33)38-28-14-6-4-12-26(28)20-23-35(38)44/h3-24H. The van der Waals surface area contributed by atoms with Crippen molar-refractivity contribution in [2.75, 3.05) is 0 Å². The van der Waals surface area contributed by atoms with Crippen molar-refractivity contribution in [3.63, 3.8) is 0 Å². The van der Waals surface area contributed by atoms with Gasteiger partial charge in [0.05, 0.1) is 46.6 Å². The maximum Gasteiger partial charge on any atom is 0.220 e. The number of fused-ring (bicyclic) bond motifs is 10. The largest absolute Gasteiger partial charge is 0.318 e. The van der Waals surface area contributed by atoms with Gasteiger partial charge in [0, 0.05) is 21.5 Å². The number of benzene rings is 7. The molecule has 0 saturated carbocycles. The minimum absolute atomic E-state index is 0.344. The molecule has 0 spiro atoms. The number of aromatic nitrogens is 2. The van der Waals surface area contributed by atoms with Gasteiger partial charge < -0.3 is 9.13 Å². The van der Waals surface area contributed by atoms with Crippen molar-refractivity contribution >= 4 is 76.5 Å². The molecule has 0 aliphatic heterocycles. The van der Waals surface area contributed by atoms with Crippen molar-refractivity contribution in [2.45, 2.75) is 0 Å². The second kappa shape index (κ2) is 9.07. The second-order valence-corrected chi connectivity index (χ2v) is 11.1. The van der Waals surface area contributed by atoms with Gasteiger partial charge >= 0.3 is 0 Å². The number of rotatable bonds is 2. The van der Waals surface area contributed by atoms with E-state index >= 15 is 0 Å². The van der Waals surface area contributed by atoms with E-state index in [-0.39, 0.29) is 0 Å². The minimum Gasteiger partial charge on any atom is -0.318 e. The predicted octanol–water partition coefficient (Wildman–Crippen LogP) is 11.3. The quantitative estimate of drug-likeness (QED) is 0.188. The van der Waals surface area contributed by atoms with Crippen LogP contribution in [0.2, 0.25) is 0 Å². The molecule has 0 radical (unpaired) electrons. The summed E-state index contributed by atoms with van der Waals surface area (Å²) in [5, 5.41) is 9.28. The summed E-state index contributed by atoms with van der Waals surface area (Å²) in [4.78, 5) is 7.88. The molecule has 44 heavy (non-hydrogen) atoms. The van der Waals surface area contributed by atoms with Crippen molar-refractivity contribution in [3.05, 3.63) is 156 Å². The molecule has 0 saturated heterocycles. The van der Waals surface area contributed by atoms with Gasteiger partial charge in [-0.2, -0.15) is 0 Å². The summed E-state index contributed by atoms with van der Waals surface area (Å²) in [6.07, 6.45) is 0. The van der Waals surface area contributed by atoms with E-state index in [0.29, 0.717) is 17.1 Å². The fourth-order valence-electron chi connectivity index (χ4n) is 7.14. The minimum atomic E-state index is 0.344. The van der Waals surface area contributed by atoms with E-state index in [9.17, 15) is 0 Å². The molecule has 0 aliphatic rings. The molecule has 0 unspecified atom stereocenters. The zero-order valence-corrected chi connectivity index (χ0v) is 23.5. The molecule has 0 fully saturated rings. The van der Waals surface area contributed by atoms with E-state index in [4.69, 9.17) is 13.1 Å². The van der Waals surface area contributed by atoms with Crippen molar-refractivity contribution in [2.24, 2.45) is 0 Å². The van der Waals surface area contributed by atoms with Gasteiger partial charge in [-0.1, -0.05) is 103 Å². The summed E-state index contributed by atoms with van der Waals surface area (Å²) in [5.41, 5.74) is 6.38. The molecule has 9 rings (SSSR count). The third-order valence-electron chi connectivity index (χ3n) is 8.93. The monoisotopic (exact) mass is 558 g/mol. The highest BCUT2D eigenvalue weighted by atomic mass is 15.1. The molecular formula is C40H22N4. The summed E-state index contributed by atoms with van der Waals surface area (Å²) in [7, 11) is 0. The molecule has 0 atom stereocenters. The molecule has 0 N–H and O–H groups in total. The first kappa shape index (κ1) is 24.3. The molecule has 4 nitrogen and oxygen atoms in total. The van der Waals surface area contributed by atoms with Crippen LogP contribution in [0.1, 0.15) is 0 Å². The first-order valence-corrected chi connectivity index (χ1v) is 14.5. The lowest BCUT2D eigenvalue weighted by Gasteiger charge is -2.19. The molecule has 2 heterocycles. The Bertz CT molecular complexity index is 2740. The van der Waals surface area contributed by atoms with Crippen LogP contribution in [0.5, 0.6) is 0 Å². The van der Waals surface area contributed by atoms with Gasteiger partial charge in [-0.15, -0.1) is 0 Å². The van der Waals surface area contributed by atoms with Crippen LogP contribution in [0, 0.1) is 13.1 Å². The maximum absolute atomic E-state index is 8.39. The van der Waals surface area contributed by atoms with Crippen molar-refractivity contribution in [1.29, 1.82) is 0 Å². The van der Waals surface area contributed by atoms with Gasteiger partial charge in [-0.25, -0.2) is 4.85 Å². The summed E-state index contributed by atoms with van der Waals surface area (Å²) >= 11 is 0. The highest BCUT2D eigenvalue weighted by Gasteiger charge is 2.24. The van der Waals surface area contributed by atoms with Crippen molar-refractivity contribution < 1.29 is 0 Å². The number of nitrogens with zero attached hydrogens (tertiary/aromatic N) is 4. The smallest absolute Gasteiger partial charge is 0.220 e. The predicted molar refractivity (Wildman–Crippen MR) is 183 cm³/mol. The Morgan fingerprint density at radius 3 is 1.48 bits per heavy atom. The van der Waals surface area contributed by atoms with Crippen LogP contribution in [0.4, 0.5) is 11.4 Å². The lowest BCUT2D eigenvalue weighted by Crippen LogP contribution is -2.04. The number of hydrogen-bond donors (Lipinski definition) is 0. The Labute approximate surface area is 252 Å². The summed E-state index contributed by atoms with van der Waals surface area (Å²) in [6.45, 7) is 16.4. The average molecular weight is 559 g/mol. The van der Waals surface area contributed by atoms with Gasteiger partial charge in [0.15, 0.2) is 5.69 Å². The fraction of sp³-hybridized carbons (Fsp3) is 0. The first-order valence-electron chi connectivity index (χ1n) is 14.5. The zero-order valence-electron chi connectivity index (χ0n) is 23.5. The van der Waals surface area contributed by atoms with E-state index in [2.05, 4.69) is 134 Å². The Morgan fingerprint density at radius 2 is 0.909 bits per heavy atom. The van der Waals surface area contributed by atoms with E-state index in [0.717, 1.165) is 54.7 Å². The zero-order chi connectivity index (χ0) is 29.4. The molecule has 0 bridgehead atoms. The molecule has 202 valence electrons. The van der Waals surface area contributed by atoms with Gasteiger partial charge in [-0.05, 0) is 51.9 Å². The summed E-state index contributed by atoms with van der Waals surface area (Å²) < 4.78 is 4.48. The van der Waals surface area contributed by atoms with Crippen LogP contribution in [-0.2, 0) is 0 Å². The Morgan fingerprint density at radius 1 is 0.409 bits per heavy atom. The van der Waals surface area contributed by atoms with Crippen molar-refractivity contribution in [3.8, 4) is 11.4 Å². The SMILES string of the molecule is [C-]#[N+]c1ccc(-n2c3ccccc3c3c4ccccc4ccc32)c(-n2c3ccccc3c3c4ccccc4ccc32)c1[N+]#[C-]. The Kier molecular flexibility index (Phi) is 5.00. The molecule has 7 aromatic carbocycles. The molecular weight excluding hydrogens is 536 g/mol. The van der Waals surface area contributed by atoms with Crippen LogP contribution >= 0.6 is 0 Å².